The lowest BCUT2D eigenvalue weighted by molar-refractivity contribution is 0.201. The zero-order valence-electron chi connectivity index (χ0n) is 17.4. The standard InChI is InChI=1S/C23H33N3O/c1-6-10-18(11-7-2)24-23(27)26(9-4)16-20-19-15-17(5)13-14-22(19)25-21(20)12-8-3/h6,10-11,13-15,25H,7-9,12,16H2,1-5H3,(H,24,27)/b10-6-,18-11+. The lowest BCUT2D eigenvalue weighted by atomic mass is 10.1. The fourth-order valence-corrected chi connectivity index (χ4v) is 3.34. The number of nitrogens with zero attached hydrogens (tertiary/aromatic N) is 1. The van der Waals surface area contributed by atoms with Crippen LogP contribution in [0.4, 0.5) is 4.79 Å². The van der Waals surface area contributed by atoms with Crippen molar-refractivity contribution in [1.29, 1.82) is 0 Å². The Morgan fingerprint density at radius 2 is 2.04 bits per heavy atom. The van der Waals surface area contributed by atoms with Gasteiger partial charge < -0.3 is 15.2 Å². The molecule has 0 bridgehead atoms. The highest BCUT2D eigenvalue weighted by Gasteiger charge is 2.18. The van der Waals surface area contributed by atoms with Crippen LogP contribution in [0.5, 0.6) is 0 Å². The summed E-state index contributed by atoms with van der Waals surface area (Å²) in [5.41, 5.74) is 5.71. The number of amides is 2. The Labute approximate surface area is 163 Å². The molecule has 2 aromatic rings. The number of hydrogen-bond acceptors (Lipinski definition) is 1. The van der Waals surface area contributed by atoms with Gasteiger partial charge in [-0.1, -0.05) is 44.1 Å². The largest absolute Gasteiger partial charge is 0.358 e. The quantitative estimate of drug-likeness (QED) is 0.567. The Morgan fingerprint density at radius 1 is 1.26 bits per heavy atom. The molecule has 0 saturated heterocycles. The minimum Gasteiger partial charge on any atom is -0.358 e. The van der Waals surface area contributed by atoms with Gasteiger partial charge in [-0.05, 0) is 51.8 Å². The number of nitrogens with one attached hydrogen (secondary N) is 2. The van der Waals surface area contributed by atoms with Gasteiger partial charge in [0.1, 0.15) is 0 Å². The average Bonchev–Trinajstić information content (AvgIpc) is 2.96. The lowest BCUT2D eigenvalue weighted by Crippen LogP contribution is -2.38. The first kappa shape index (κ1) is 20.8. The van der Waals surface area contributed by atoms with Crippen molar-refractivity contribution in [1.82, 2.24) is 15.2 Å². The van der Waals surface area contributed by atoms with Crippen LogP contribution in [0.25, 0.3) is 10.9 Å². The summed E-state index contributed by atoms with van der Waals surface area (Å²) in [4.78, 5) is 18.3. The average molecular weight is 368 g/mol. The molecule has 1 aromatic heterocycles. The van der Waals surface area contributed by atoms with E-state index >= 15 is 0 Å². The highest BCUT2D eigenvalue weighted by Crippen LogP contribution is 2.26. The molecule has 1 aromatic carbocycles. The number of carbonyl (C=O) groups excluding carboxylic acids is 1. The van der Waals surface area contributed by atoms with Crippen LogP contribution in [-0.2, 0) is 13.0 Å². The van der Waals surface area contributed by atoms with Crippen molar-refractivity contribution in [3.63, 3.8) is 0 Å². The molecular formula is C23H33N3O. The Balaban J connectivity index is 2.31. The molecule has 0 radical (unpaired) electrons. The Morgan fingerprint density at radius 3 is 2.67 bits per heavy atom. The second kappa shape index (κ2) is 10.0. The molecule has 0 saturated carbocycles. The molecular weight excluding hydrogens is 334 g/mol. The number of fused-ring (bicyclic) bond motifs is 1. The number of urea groups is 1. The van der Waals surface area contributed by atoms with Crippen LogP contribution in [0, 0.1) is 6.92 Å². The zero-order valence-corrected chi connectivity index (χ0v) is 17.4. The van der Waals surface area contributed by atoms with Crippen molar-refractivity contribution in [2.24, 2.45) is 0 Å². The van der Waals surface area contributed by atoms with E-state index < -0.39 is 0 Å². The first-order chi connectivity index (χ1) is 13.0. The van der Waals surface area contributed by atoms with Gasteiger partial charge in [-0.25, -0.2) is 4.79 Å². The van der Waals surface area contributed by atoms with Crippen molar-refractivity contribution >= 4 is 16.9 Å². The minimum atomic E-state index is -0.0558. The van der Waals surface area contributed by atoms with Gasteiger partial charge in [-0.15, -0.1) is 0 Å². The van der Waals surface area contributed by atoms with Crippen molar-refractivity contribution in [3.8, 4) is 0 Å². The molecule has 1 heterocycles. The topological polar surface area (TPSA) is 48.1 Å². The second-order valence-corrected chi connectivity index (χ2v) is 6.89. The predicted octanol–water partition coefficient (Wildman–Crippen LogP) is 5.83. The van der Waals surface area contributed by atoms with E-state index in [4.69, 9.17) is 0 Å². The van der Waals surface area contributed by atoms with E-state index in [1.807, 2.05) is 37.0 Å². The maximum absolute atomic E-state index is 12.9. The highest BCUT2D eigenvalue weighted by molar-refractivity contribution is 5.86. The maximum Gasteiger partial charge on any atom is 0.322 e. The molecule has 0 unspecified atom stereocenters. The van der Waals surface area contributed by atoms with Crippen LogP contribution in [0.3, 0.4) is 0 Å². The fraction of sp³-hybridized carbons (Fsp3) is 0.435. The van der Waals surface area contributed by atoms with Crippen LogP contribution < -0.4 is 5.32 Å². The predicted molar refractivity (Wildman–Crippen MR) is 115 cm³/mol. The first-order valence-electron chi connectivity index (χ1n) is 10.0. The molecule has 146 valence electrons. The van der Waals surface area contributed by atoms with Crippen LogP contribution in [0.2, 0.25) is 0 Å². The molecule has 0 spiro atoms. The first-order valence-corrected chi connectivity index (χ1v) is 10.0. The number of benzene rings is 1. The van der Waals surface area contributed by atoms with Crippen LogP contribution in [0.1, 0.15) is 57.4 Å². The molecule has 4 heteroatoms. The van der Waals surface area contributed by atoms with Crippen molar-refractivity contribution in [2.75, 3.05) is 6.54 Å². The number of rotatable bonds is 8. The Bertz CT molecular complexity index is 830. The monoisotopic (exact) mass is 367 g/mol. The summed E-state index contributed by atoms with van der Waals surface area (Å²) in [7, 11) is 0. The number of H-pyrrole nitrogens is 1. The van der Waals surface area contributed by atoms with E-state index in [2.05, 4.69) is 49.3 Å². The van der Waals surface area contributed by atoms with Gasteiger partial charge in [-0.3, -0.25) is 0 Å². The molecule has 2 N–H and O–H groups in total. The zero-order chi connectivity index (χ0) is 19.8. The Kier molecular flexibility index (Phi) is 7.71. The summed E-state index contributed by atoms with van der Waals surface area (Å²) in [6.45, 7) is 11.6. The number of hydrogen-bond donors (Lipinski definition) is 2. The summed E-state index contributed by atoms with van der Waals surface area (Å²) in [6, 6.07) is 6.42. The summed E-state index contributed by atoms with van der Waals surface area (Å²) in [6.07, 6.45) is 8.86. The molecule has 0 atom stereocenters. The van der Waals surface area contributed by atoms with Gasteiger partial charge in [0.05, 0.1) is 0 Å². The molecule has 27 heavy (non-hydrogen) atoms. The SMILES string of the molecule is C/C=C\C(=C/CC)NC(=O)N(CC)Cc1c(CCC)[nH]c2ccc(C)cc12. The normalized spacial score (nSPS) is 12.1. The van der Waals surface area contributed by atoms with Crippen molar-refractivity contribution < 1.29 is 4.79 Å². The second-order valence-electron chi connectivity index (χ2n) is 6.89. The summed E-state index contributed by atoms with van der Waals surface area (Å²) in [5.74, 6) is 0. The number of aromatic amines is 1. The summed E-state index contributed by atoms with van der Waals surface area (Å²) in [5, 5.41) is 4.27. The third-order valence-corrected chi connectivity index (χ3v) is 4.69. The molecule has 0 aliphatic carbocycles. The minimum absolute atomic E-state index is 0.0558. The van der Waals surface area contributed by atoms with Crippen molar-refractivity contribution in [3.05, 3.63) is 58.9 Å². The molecule has 0 aliphatic rings. The van der Waals surface area contributed by atoms with Gasteiger partial charge in [0.2, 0.25) is 0 Å². The molecule has 2 amide bonds. The van der Waals surface area contributed by atoms with E-state index in [-0.39, 0.29) is 6.03 Å². The smallest absolute Gasteiger partial charge is 0.322 e. The fourth-order valence-electron chi connectivity index (χ4n) is 3.34. The molecule has 0 aliphatic heterocycles. The van der Waals surface area contributed by atoms with Crippen LogP contribution in [0.15, 0.2) is 42.1 Å². The van der Waals surface area contributed by atoms with Gasteiger partial charge in [0.25, 0.3) is 0 Å². The lowest BCUT2D eigenvalue weighted by Gasteiger charge is -2.22. The van der Waals surface area contributed by atoms with Gasteiger partial charge in [0.15, 0.2) is 0 Å². The Hall–Kier alpha value is -2.49. The summed E-state index contributed by atoms with van der Waals surface area (Å²) >= 11 is 0. The van der Waals surface area contributed by atoms with E-state index in [1.54, 1.807) is 0 Å². The number of aromatic nitrogens is 1. The number of allylic oxidation sites excluding steroid dienone is 3. The molecule has 0 fully saturated rings. The molecule has 2 rings (SSSR count). The maximum atomic E-state index is 12.9. The van der Waals surface area contributed by atoms with Gasteiger partial charge >= 0.3 is 6.03 Å². The summed E-state index contributed by atoms with van der Waals surface area (Å²) < 4.78 is 0. The third-order valence-electron chi connectivity index (χ3n) is 4.69. The van der Waals surface area contributed by atoms with E-state index in [0.717, 1.165) is 30.5 Å². The van der Waals surface area contributed by atoms with Gasteiger partial charge in [0, 0.05) is 40.9 Å². The third kappa shape index (κ3) is 5.25. The van der Waals surface area contributed by atoms with E-state index in [1.165, 1.54) is 22.2 Å². The highest BCUT2D eigenvalue weighted by atomic mass is 16.2. The van der Waals surface area contributed by atoms with Crippen LogP contribution >= 0.6 is 0 Å². The number of aryl methyl sites for hydroxylation is 2. The van der Waals surface area contributed by atoms with Gasteiger partial charge in [-0.2, -0.15) is 0 Å². The van der Waals surface area contributed by atoms with Crippen LogP contribution in [-0.4, -0.2) is 22.5 Å². The molecule has 4 nitrogen and oxygen atoms in total. The van der Waals surface area contributed by atoms with E-state index in [9.17, 15) is 4.79 Å². The van der Waals surface area contributed by atoms with Crippen molar-refractivity contribution in [2.45, 2.75) is 60.4 Å². The number of carbonyl (C=O) groups is 1. The van der Waals surface area contributed by atoms with E-state index in [0.29, 0.717) is 13.1 Å².